The maximum atomic E-state index is 11.9. The molecule has 6 nitrogen and oxygen atoms in total. The SMILES string of the molecule is CCOC(=O)CN(CC(=O)NCC1CCCO1)C1CC1. The molecule has 1 saturated heterocycles. The highest BCUT2D eigenvalue weighted by Crippen LogP contribution is 2.26. The van der Waals surface area contributed by atoms with E-state index in [2.05, 4.69) is 5.32 Å². The molecule has 6 heteroatoms. The highest BCUT2D eigenvalue weighted by atomic mass is 16.5. The van der Waals surface area contributed by atoms with Gasteiger partial charge in [0.05, 0.1) is 25.8 Å². The molecule has 1 saturated carbocycles. The van der Waals surface area contributed by atoms with Crippen LogP contribution >= 0.6 is 0 Å². The molecule has 2 rings (SSSR count). The first-order valence-corrected chi connectivity index (χ1v) is 7.47. The molecule has 0 aromatic rings. The first-order valence-electron chi connectivity index (χ1n) is 7.47. The van der Waals surface area contributed by atoms with Crippen molar-refractivity contribution in [3.8, 4) is 0 Å². The molecule has 0 aromatic heterocycles. The smallest absolute Gasteiger partial charge is 0.320 e. The molecule has 20 heavy (non-hydrogen) atoms. The van der Waals surface area contributed by atoms with Crippen LogP contribution in [0.5, 0.6) is 0 Å². The number of hydrogen-bond acceptors (Lipinski definition) is 5. The van der Waals surface area contributed by atoms with E-state index >= 15 is 0 Å². The Bertz CT molecular complexity index is 338. The number of carbonyl (C=O) groups excluding carboxylic acids is 2. The summed E-state index contributed by atoms with van der Waals surface area (Å²) in [6.45, 7) is 3.98. The fraction of sp³-hybridized carbons (Fsp3) is 0.857. The molecule has 2 fully saturated rings. The largest absolute Gasteiger partial charge is 0.465 e. The lowest BCUT2D eigenvalue weighted by atomic mass is 10.2. The quantitative estimate of drug-likeness (QED) is 0.650. The monoisotopic (exact) mass is 284 g/mol. The van der Waals surface area contributed by atoms with E-state index in [0.717, 1.165) is 32.3 Å². The molecular formula is C14H24N2O4. The summed E-state index contributed by atoms with van der Waals surface area (Å²) in [6, 6.07) is 0.355. The zero-order valence-electron chi connectivity index (χ0n) is 12.1. The van der Waals surface area contributed by atoms with E-state index in [1.807, 2.05) is 4.90 Å². The van der Waals surface area contributed by atoms with Crippen LogP contribution in [0.15, 0.2) is 0 Å². The Balaban J connectivity index is 1.69. The van der Waals surface area contributed by atoms with Crippen LogP contribution in [-0.2, 0) is 19.1 Å². The van der Waals surface area contributed by atoms with E-state index in [9.17, 15) is 9.59 Å². The Hall–Kier alpha value is -1.14. The minimum Gasteiger partial charge on any atom is -0.465 e. The molecule has 1 aliphatic heterocycles. The van der Waals surface area contributed by atoms with Gasteiger partial charge in [-0.3, -0.25) is 14.5 Å². The molecule has 2 aliphatic rings. The summed E-state index contributed by atoms with van der Waals surface area (Å²) >= 11 is 0. The Labute approximate surface area is 119 Å². The molecular weight excluding hydrogens is 260 g/mol. The molecule has 1 unspecified atom stereocenters. The Morgan fingerprint density at radius 1 is 1.30 bits per heavy atom. The molecule has 114 valence electrons. The minimum absolute atomic E-state index is 0.0447. The zero-order valence-corrected chi connectivity index (χ0v) is 12.1. The number of rotatable bonds is 8. The molecule has 0 aromatic carbocycles. The third-order valence-corrected chi connectivity index (χ3v) is 3.60. The molecule has 1 aliphatic carbocycles. The van der Waals surface area contributed by atoms with Gasteiger partial charge in [0.15, 0.2) is 0 Å². The van der Waals surface area contributed by atoms with Crippen LogP contribution in [0.1, 0.15) is 32.6 Å². The van der Waals surface area contributed by atoms with Gasteiger partial charge in [-0.2, -0.15) is 0 Å². The van der Waals surface area contributed by atoms with Gasteiger partial charge in [-0.15, -0.1) is 0 Å². The number of ether oxygens (including phenoxy) is 2. The molecule has 0 bridgehead atoms. The first-order chi connectivity index (χ1) is 9.69. The lowest BCUT2D eigenvalue weighted by Gasteiger charge is -2.20. The van der Waals surface area contributed by atoms with Gasteiger partial charge in [0.2, 0.25) is 5.91 Å². The van der Waals surface area contributed by atoms with Crippen LogP contribution in [0.4, 0.5) is 0 Å². The average molecular weight is 284 g/mol. The molecule has 1 amide bonds. The van der Waals surface area contributed by atoms with E-state index in [4.69, 9.17) is 9.47 Å². The highest BCUT2D eigenvalue weighted by molar-refractivity contribution is 5.79. The van der Waals surface area contributed by atoms with Crippen molar-refractivity contribution < 1.29 is 19.1 Å². The number of carbonyl (C=O) groups is 2. The minimum atomic E-state index is -0.258. The molecule has 0 radical (unpaired) electrons. The second-order valence-corrected chi connectivity index (χ2v) is 5.38. The second-order valence-electron chi connectivity index (χ2n) is 5.38. The normalized spacial score (nSPS) is 22.0. The molecule has 1 heterocycles. The van der Waals surface area contributed by atoms with Crippen LogP contribution in [-0.4, -0.2) is 61.8 Å². The van der Waals surface area contributed by atoms with Gasteiger partial charge in [-0.1, -0.05) is 0 Å². The lowest BCUT2D eigenvalue weighted by Crippen LogP contribution is -2.43. The summed E-state index contributed by atoms with van der Waals surface area (Å²) in [6.07, 6.45) is 4.34. The van der Waals surface area contributed by atoms with Crippen molar-refractivity contribution in [2.75, 3.05) is 32.8 Å². The van der Waals surface area contributed by atoms with Crippen molar-refractivity contribution in [1.29, 1.82) is 0 Å². The van der Waals surface area contributed by atoms with Gasteiger partial charge in [-0.05, 0) is 32.6 Å². The van der Waals surface area contributed by atoms with Gasteiger partial charge < -0.3 is 14.8 Å². The van der Waals surface area contributed by atoms with Crippen molar-refractivity contribution >= 4 is 11.9 Å². The lowest BCUT2D eigenvalue weighted by molar-refractivity contribution is -0.144. The van der Waals surface area contributed by atoms with Crippen molar-refractivity contribution in [3.05, 3.63) is 0 Å². The summed E-state index contributed by atoms with van der Waals surface area (Å²) in [5.74, 6) is -0.303. The van der Waals surface area contributed by atoms with Gasteiger partial charge in [0.25, 0.3) is 0 Å². The maximum absolute atomic E-state index is 11.9. The van der Waals surface area contributed by atoms with Crippen molar-refractivity contribution in [2.45, 2.75) is 44.8 Å². The number of hydrogen-bond donors (Lipinski definition) is 1. The standard InChI is InChI=1S/C14H24N2O4/c1-2-19-14(18)10-16(11-5-6-11)9-13(17)15-8-12-4-3-7-20-12/h11-12H,2-10H2,1H3,(H,15,17). The van der Waals surface area contributed by atoms with Crippen LogP contribution in [0.2, 0.25) is 0 Å². The highest BCUT2D eigenvalue weighted by Gasteiger charge is 2.32. The predicted molar refractivity (Wildman–Crippen MR) is 73.2 cm³/mol. The van der Waals surface area contributed by atoms with E-state index in [-0.39, 0.29) is 31.1 Å². The van der Waals surface area contributed by atoms with E-state index in [1.165, 1.54) is 0 Å². The third kappa shape index (κ3) is 5.09. The third-order valence-electron chi connectivity index (χ3n) is 3.60. The van der Waals surface area contributed by atoms with E-state index in [0.29, 0.717) is 19.2 Å². The fourth-order valence-electron chi connectivity index (χ4n) is 2.40. The fourth-order valence-corrected chi connectivity index (χ4v) is 2.40. The maximum Gasteiger partial charge on any atom is 0.320 e. The van der Waals surface area contributed by atoms with Crippen LogP contribution in [0.25, 0.3) is 0 Å². The van der Waals surface area contributed by atoms with Crippen molar-refractivity contribution in [1.82, 2.24) is 10.2 Å². The number of amides is 1. The van der Waals surface area contributed by atoms with E-state index < -0.39 is 0 Å². The summed E-state index contributed by atoms with van der Waals surface area (Å²) in [5, 5.41) is 2.89. The molecule has 1 N–H and O–H groups in total. The number of nitrogens with zero attached hydrogens (tertiary/aromatic N) is 1. The van der Waals surface area contributed by atoms with Gasteiger partial charge in [-0.25, -0.2) is 0 Å². The zero-order chi connectivity index (χ0) is 14.4. The molecule has 1 atom stereocenters. The van der Waals surface area contributed by atoms with Crippen LogP contribution in [0, 0.1) is 0 Å². The summed E-state index contributed by atoms with van der Waals surface area (Å²) in [5.41, 5.74) is 0. The van der Waals surface area contributed by atoms with Gasteiger partial charge in [0, 0.05) is 19.2 Å². The Kier molecular flexibility index (Phi) is 5.79. The van der Waals surface area contributed by atoms with Crippen molar-refractivity contribution in [2.24, 2.45) is 0 Å². The summed E-state index contributed by atoms with van der Waals surface area (Å²) in [7, 11) is 0. The first kappa shape index (κ1) is 15.3. The number of nitrogens with one attached hydrogen (secondary N) is 1. The predicted octanol–water partition coefficient (Wildman–Crippen LogP) is 0.309. The van der Waals surface area contributed by atoms with Gasteiger partial charge >= 0.3 is 5.97 Å². The Morgan fingerprint density at radius 3 is 2.70 bits per heavy atom. The number of esters is 1. The topological polar surface area (TPSA) is 67.9 Å². The molecule has 0 spiro atoms. The van der Waals surface area contributed by atoms with Crippen LogP contribution < -0.4 is 5.32 Å². The van der Waals surface area contributed by atoms with Crippen molar-refractivity contribution in [3.63, 3.8) is 0 Å². The van der Waals surface area contributed by atoms with Gasteiger partial charge in [0.1, 0.15) is 0 Å². The summed E-state index contributed by atoms with van der Waals surface area (Å²) < 4.78 is 10.4. The second kappa shape index (κ2) is 7.59. The average Bonchev–Trinajstić information content (AvgIpc) is 3.13. The summed E-state index contributed by atoms with van der Waals surface area (Å²) in [4.78, 5) is 25.3. The van der Waals surface area contributed by atoms with Crippen LogP contribution in [0.3, 0.4) is 0 Å². The van der Waals surface area contributed by atoms with E-state index in [1.54, 1.807) is 6.92 Å². The Morgan fingerprint density at radius 2 is 2.10 bits per heavy atom.